The van der Waals surface area contributed by atoms with Crippen LogP contribution in [0.2, 0.25) is 0 Å². The van der Waals surface area contributed by atoms with Gasteiger partial charge in [0.1, 0.15) is 0 Å². The van der Waals surface area contributed by atoms with Crippen LogP contribution in [0.4, 0.5) is 0 Å². The molecule has 0 aliphatic carbocycles. The molecular formula is C23H29N3O3S. The lowest BCUT2D eigenvalue weighted by atomic mass is 9.94. The first-order valence-corrected chi connectivity index (χ1v) is 11.6. The summed E-state index contributed by atoms with van der Waals surface area (Å²) in [6, 6.07) is 13.9. The van der Waals surface area contributed by atoms with Gasteiger partial charge in [-0.3, -0.25) is 14.5 Å². The second kappa shape index (κ2) is 10.2. The molecule has 1 N–H and O–H groups in total. The van der Waals surface area contributed by atoms with Crippen molar-refractivity contribution in [2.45, 2.75) is 18.9 Å². The van der Waals surface area contributed by atoms with Gasteiger partial charge in [0.15, 0.2) is 0 Å². The summed E-state index contributed by atoms with van der Waals surface area (Å²) >= 11 is 1.47. The number of amides is 2. The van der Waals surface area contributed by atoms with Crippen molar-refractivity contribution in [3.63, 3.8) is 0 Å². The van der Waals surface area contributed by atoms with Gasteiger partial charge in [-0.15, -0.1) is 11.3 Å². The van der Waals surface area contributed by atoms with Crippen molar-refractivity contribution >= 4 is 23.2 Å². The third kappa shape index (κ3) is 5.28. The van der Waals surface area contributed by atoms with Crippen LogP contribution in [0.5, 0.6) is 0 Å². The molecule has 2 amide bonds. The van der Waals surface area contributed by atoms with E-state index >= 15 is 0 Å². The number of thiophene rings is 1. The van der Waals surface area contributed by atoms with Gasteiger partial charge in [-0.1, -0.05) is 36.4 Å². The first-order valence-electron chi connectivity index (χ1n) is 10.7. The van der Waals surface area contributed by atoms with E-state index in [4.69, 9.17) is 4.74 Å². The number of hydrogen-bond acceptors (Lipinski definition) is 5. The molecule has 0 spiro atoms. The lowest BCUT2D eigenvalue weighted by molar-refractivity contribution is -0.127. The minimum Gasteiger partial charge on any atom is -0.379 e. The zero-order valence-corrected chi connectivity index (χ0v) is 18.0. The Labute approximate surface area is 181 Å². The van der Waals surface area contributed by atoms with E-state index in [1.807, 2.05) is 40.6 Å². The van der Waals surface area contributed by atoms with Crippen molar-refractivity contribution in [2.24, 2.45) is 5.92 Å². The van der Waals surface area contributed by atoms with E-state index in [-0.39, 0.29) is 23.8 Å². The zero-order valence-electron chi connectivity index (χ0n) is 17.2. The third-order valence-electron chi connectivity index (χ3n) is 5.95. The zero-order chi connectivity index (χ0) is 20.8. The molecule has 6 nitrogen and oxygen atoms in total. The van der Waals surface area contributed by atoms with Crippen LogP contribution >= 0.6 is 11.3 Å². The van der Waals surface area contributed by atoms with Crippen LogP contribution in [0, 0.1) is 5.92 Å². The van der Waals surface area contributed by atoms with Crippen LogP contribution in [0.3, 0.4) is 0 Å². The molecule has 4 rings (SSSR count). The minimum atomic E-state index is -0.0479. The van der Waals surface area contributed by atoms with Gasteiger partial charge < -0.3 is 15.0 Å². The Morgan fingerprint density at radius 3 is 2.43 bits per heavy atom. The smallest absolute Gasteiger partial charge is 0.263 e. The number of rotatable bonds is 6. The van der Waals surface area contributed by atoms with Gasteiger partial charge in [-0.25, -0.2) is 0 Å². The minimum absolute atomic E-state index is 0.0393. The van der Waals surface area contributed by atoms with E-state index in [9.17, 15) is 9.59 Å². The fourth-order valence-electron chi connectivity index (χ4n) is 4.15. The quantitative estimate of drug-likeness (QED) is 0.770. The first kappa shape index (κ1) is 21.0. The highest BCUT2D eigenvalue weighted by molar-refractivity contribution is 7.12. The van der Waals surface area contributed by atoms with Gasteiger partial charge in [0.25, 0.3) is 5.91 Å². The summed E-state index contributed by atoms with van der Waals surface area (Å²) in [6.45, 7) is 5.32. The molecule has 1 aromatic heterocycles. The number of morpholine rings is 1. The van der Waals surface area contributed by atoms with Crippen LogP contribution in [0.25, 0.3) is 0 Å². The predicted molar refractivity (Wildman–Crippen MR) is 118 cm³/mol. The second-order valence-corrected chi connectivity index (χ2v) is 8.88. The van der Waals surface area contributed by atoms with Crippen molar-refractivity contribution in [1.82, 2.24) is 15.1 Å². The molecule has 3 heterocycles. The number of hydrogen-bond donors (Lipinski definition) is 1. The Kier molecular flexibility index (Phi) is 7.15. The maximum Gasteiger partial charge on any atom is 0.263 e. The molecule has 0 radical (unpaired) electrons. The fourth-order valence-corrected chi connectivity index (χ4v) is 4.84. The number of nitrogens with one attached hydrogen (secondary N) is 1. The number of ether oxygens (including phenoxy) is 1. The van der Waals surface area contributed by atoms with E-state index in [0.29, 0.717) is 25.9 Å². The summed E-state index contributed by atoms with van der Waals surface area (Å²) in [4.78, 5) is 30.6. The highest BCUT2D eigenvalue weighted by Gasteiger charge is 2.30. The molecule has 2 aliphatic heterocycles. The van der Waals surface area contributed by atoms with Crippen molar-refractivity contribution in [2.75, 3.05) is 45.9 Å². The lowest BCUT2D eigenvalue weighted by Gasteiger charge is -2.34. The average Bonchev–Trinajstić information content (AvgIpc) is 3.34. The molecule has 2 saturated heterocycles. The summed E-state index contributed by atoms with van der Waals surface area (Å²) in [7, 11) is 0. The summed E-state index contributed by atoms with van der Waals surface area (Å²) < 4.78 is 5.46. The molecule has 0 bridgehead atoms. The van der Waals surface area contributed by atoms with Gasteiger partial charge in [0.05, 0.1) is 24.1 Å². The molecule has 1 aromatic carbocycles. The van der Waals surface area contributed by atoms with Crippen LogP contribution in [0.15, 0.2) is 47.8 Å². The number of carbonyl (C=O) groups excluding carboxylic acids is 2. The highest BCUT2D eigenvalue weighted by Crippen LogP contribution is 2.23. The van der Waals surface area contributed by atoms with Crippen LogP contribution in [-0.4, -0.2) is 67.6 Å². The molecule has 30 heavy (non-hydrogen) atoms. The van der Waals surface area contributed by atoms with Crippen LogP contribution < -0.4 is 5.32 Å². The van der Waals surface area contributed by atoms with E-state index in [0.717, 1.165) is 43.3 Å². The van der Waals surface area contributed by atoms with E-state index in [2.05, 4.69) is 22.3 Å². The number of piperidine rings is 1. The molecule has 2 fully saturated rings. The van der Waals surface area contributed by atoms with Gasteiger partial charge in [0.2, 0.25) is 5.91 Å². The predicted octanol–water partition coefficient (Wildman–Crippen LogP) is 2.79. The molecule has 1 atom stereocenters. The van der Waals surface area contributed by atoms with Gasteiger partial charge in [0, 0.05) is 38.6 Å². The third-order valence-corrected chi connectivity index (χ3v) is 6.81. The second-order valence-electron chi connectivity index (χ2n) is 7.93. The Hall–Kier alpha value is -2.22. The standard InChI is InChI=1S/C23H29N3O3S/c27-22(19-8-10-26(11-9-19)23(28)21-7-4-16-30-21)24-20(18-5-2-1-3-6-18)17-25-12-14-29-15-13-25/h1-7,16,19-20H,8-15,17H2,(H,24,27)/t20-/m1/s1. The van der Waals surface area contributed by atoms with E-state index in [1.54, 1.807) is 0 Å². The normalized spacial score (nSPS) is 19.4. The maximum atomic E-state index is 13.1. The Morgan fingerprint density at radius 2 is 1.77 bits per heavy atom. The summed E-state index contributed by atoms with van der Waals surface area (Å²) in [5.74, 6) is 0.131. The van der Waals surface area contributed by atoms with Gasteiger partial charge in [-0.05, 0) is 29.9 Å². The largest absolute Gasteiger partial charge is 0.379 e. The van der Waals surface area contributed by atoms with Crippen molar-refractivity contribution in [3.05, 3.63) is 58.3 Å². The van der Waals surface area contributed by atoms with Gasteiger partial charge >= 0.3 is 0 Å². The number of benzene rings is 1. The maximum absolute atomic E-state index is 13.1. The highest BCUT2D eigenvalue weighted by atomic mass is 32.1. The number of likely N-dealkylation sites (tertiary alicyclic amines) is 1. The average molecular weight is 428 g/mol. The molecule has 0 unspecified atom stereocenters. The van der Waals surface area contributed by atoms with Gasteiger partial charge in [-0.2, -0.15) is 0 Å². The Balaban J connectivity index is 1.35. The van der Waals surface area contributed by atoms with Crippen molar-refractivity contribution < 1.29 is 14.3 Å². The SMILES string of the molecule is O=C(N[C@H](CN1CCOCC1)c1ccccc1)C1CCN(C(=O)c2cccs2)CC1. The van der Waals surface area contributed by atoms with Crippen LogP contribution in [0.1, 0.15) is 34.1 Å². The summed E-state index contributed by atoms with van der Waals surface area (Å²) in [5, 5.41) is 5.22. The van der Waals surface area contributed by atoms with E-state index in [1.165, 1.54) is 11.3 Å². The Bertz CT molecular complexity index is 813. The summed E-state index contributed by atoms with van der Waals surface area (Å²) in [6.07, 6.45) is 1.42. The molecule has 2 aliphatic rings. The van der Waals surface area contributed by atoms with Crippen molar-refractivity contribution in [3.8, 4) is 0 Å². The molecule has 2 aromatic rings. The molecule has 7 heteroatoms. The number of nitrogens with zero attached hydrogens (tertiary/aromatic N) is 2. The molecule has 160 valence electrons. The van der Waals surface area contributed by atoms with Crippen LogP contribution in [-0.2, 0) is 9.53 Å². The number of carbonyl (C=O) groups is 2. The monoisotopic (exact) mass is 427 g/mol. The molecular weight excluding hydrogens is 398 g/mol. The molecule has 0 saturated carbocycles. The topological polar surface area (TPSA) is 61.9 Å². The first-order chi connectivity index (χ1) is 14.7. The summed E-state index contributed by atoms with van der Waals surface area (Å²) in [5.41, 5.74) is 1.13. The van der Waals surface area contributed by atoms with E-state index < -0.39 is 0 Å². The Morgan fingerprint density at radius 1 is 1.03 bits per heavy atom. The van der Waals surface area contributed by atoms with Crippen molar-refractivity contribution in [1.29, 1.82) is 0 Å². The fraction of sp³-hybridized carbons (Fsp3) is 0.478. The lowest BCUT2D eigenvalue weighted by Crippen LogP contribution is -2.46.